The Labute approximate surface area is 97.9 Å². The molecule has 0 unspecified atom stereocenters. The van der Waals surface area contributed by atoms with E-state index >= 15 is 0 Å². The van der Waals surface area contributed by atoms with Gasteiger partial charge >= 0.3 is 0 Å². The standard InChI is InChI=1S/C12H12N2OS/c1-2-8-3-5-9(6-4-8)10-7-16-12(14-10)11(13)15/h3-7H,2H2,1H3,(H2,13,15). The highest BCUT2D eigenvalue weighted by Crippen LogP contribution is 2.22. The highest BCUT2D eigenvalue weighted by atomic mass is 32.1. The van der Waals surface area contributed by atoms with E-state index in [1.54, 1.807) is 0 Å². The van der Waals surface area contributed by atoms with Gasteiger partial charge in [0.2, 0.25) is 0 Å². The number of aromatic nitrogens is 1. The third-order valence-corrected chi connectivity index (χ3v) is 3.23. The van der Waals surface area contributed by atoms with E-state index in [0.717, 1.165) is 17.7 Å². The first-order valence-corrected chi connectivity index (χ1v) is 5.93. The van der Waals surface area contributed by atoms with Crippen LogP contribution in [0.25, 0.3) is 11.3 Å². The van der Waals surface area contributed by atoms with Crippen molar-refractivity contribution in [2.24, 2.45) is 5.73 Å². The average Bonchev–Trinajstić information content (AvgIpc) is 2.78. The monoisotopic (exact) mass is 232 g/mol. The maximum Gasteiger partial charge on any atom is 0.277 e. The van der Waals surface area contributed by atoms with E-state index in [1.165, 1.54) is 16.9 Å². The zero-order valence-electron chi connectivity index (χ0n) is 8.93. The van der Waals surface area contributed by atoms with Crippen LogP contribution < -0.4 is 5.73 Å². The number of thiazole rings is 1. The highest BCUT2D eigenvalue weighted by molar-refractivity contribution is 7.12. The molecule has 2 rings (SSSR count). The summed E-state index contributed by atoms with van der Waals surface area (Å²) in [5.74, 6) is -0.471. The van der Waals surface area contributed by atoms with E-state index in [9.17, 15) is 4.79 Å². The van der Waals surface area contributed by atoms with Gasteiger partial charge in [-0.1, -0.05) is 31.2 Å². The van der Waals surface area contributed by atoms with Crippen molar-refractivity contribution in [3.63, 3.8) is 0 Å². The quantitative estimate of drug-likeness (QED) is 0.883. The predicted octanol–water partition coefficient (Wildman–Crippen LogP) is 2.47. The number of hydrogen-bond acceptors (Lipinski definition) is 3. The van der Waals surface area contributed by atoms with Crippen LogP contribution >= 0.6 is 11.3 Å². The Kier molecular flexibility index (Phi) is 3.01. The van der Waals surface area contributed by atoms with Crippen molar-refractivity contribution in [1.82, 2.24) is 4.98 Å². The van der Waals surface area contributed by atoms with Crippen LogP contribution in [0, 0.1) is 0 Å². The molecule has 1 aromatic heterocycles. The lowest BCUT2D eigenvalue weighted by Crippen LogP contribution is -2.10. The average molecular weight is 232 g/mol. The highest BCUT2D eigenvalue weighted by Gasteiger charge is 2.08. The van der Waals surface area contributed by atoms with Gasteiger partial charge in [0, 0.05) is 10.9 Å². The molecule has 0 aliphatic heterocycles. The first kappa shape index (κ1) is 10.8. The smallest absolute Gasteiger partial charge is 0.277 e. The summed E-state index contributed by atoms with van der Waals surface area (Å²) in [5.41, 5.74) is 8.27. The van der Waals surface area contributed by atoms with Gasteiger partial charge in [-0.05, 0) is 12.0 Å². The molecule has 0 saturated heterocycles. The molecule has 0 radical (unpaired) electrons. The number of benzene rings is 1. The fourth-order valence-corrected chi connectivity index (χ4v) is 2.11. The zero-order chi connectivity index (χ0) is 11.5. The molecule has 82 valence electrons. The summed E-state index contributed by atoms with van der Waals surface area (Å²) in [7, 11) is 0. The molecule has 0 saturated carbocycles. The number of hydrogen-bond donors (Lipinski definition) is 1. The van der Waals surface area contributed by atoms with Gasteiger partial charge in [-0.2, -0.15) is 0 Å². The molecule has 0 bridgehead atoms. The summed E-state index contributed by atoms with van der Waals surface area (Å²) < 4.78 is 0. The number of carbonyl (C=O) groups excluding carboxylic acids is 1. The molecule has 3 nitrogen and oxygen atoms in total. The van der Waals surface area contributed by atoms with Crippen LogP contribution in [-0.4, -0.2) is 10.9 Å². The fraction of sp³-hybridized carbons (Fsp3) is 0.167. The first-order valence-electron chi connectivity index (χ1n) is 5.05. The number of nitrogens with zero attached hydrogens (tertiary/aromatic N) is 1. The van der Waals surface area contributed by atoms with Crippen LogP contribution in [0.5, 0.6) is 0 Å². The minimum absolute atomic E-state index is 0.356. The molecule has 4 heteroatoms. The first-order chi connectivity index (χ1) is 7.70. The second kappa shape index (κ2) is 4.45. The Morgan fingerprint density at radius 3 is 2.56 bits per heavy atom. The van der Waals surface area contributed by atoms with Gasteiger partial charge in [0.1, 0.15) is 0 Å². The van der Waals surface area contributed by atoms with Gasteiger partial charge < -0.3 is 5.73 Å². The van der Waals surface area contributed by atoms with Crippen molar-refractivity contribution in [3.05, 3.63) is 40.2 Å². The van der Waals surface area contributed by atoms with Crippen molar-refractivity contribution >= 4 is 17.2 Å². The van der Waals surface area contributed by atoms with Crippen molar-refractivity contribution in [3.8, 4) is 11.3 Å². The number of nitrogens with two attached hydrogens (primary N) is 1. The second-order valence-electron chi connectivity index (χ2n) is 3.45. The summed E-state index contributed by atoms with van der Waals surface area (Å²) in [6, 6.07) is 8.16. The summed E-state index contributed by atoms with van der Waals surface area (Å²) in [6.45, 7) is 2.11. The van der Waals surface area contributed by atoms with Crippen LogP contribution in [0.3, 0.4) is 0 Å². The molecule has 0 spiro atoms. The van der Waals surface area contributed by atoms with Gasteiger partial charge in [0.15, 0.2) is 5.01 Å². The molecule has 0 fully saturated rings. The Balaban J connectivity index is 2.31. The van der Waals surface area contributed by atoms with E-state index in [0.29, 0.717) is 5.01 Å². The lowest BCUT2D eigenvalue weighted by Gasteiger charge is -1.98. The number of carbonyl (C=O) groups is 1. The van der Waals surface area contributed by atoms with E-state index in [1.807, 2.05) is 17.5 Å². The number of primary amides is 1. The van der Waals surface area contributed by atoms with Crippen molar-refractivity contribution in [2.75, 3.05) is 0 Å². The van der Waals surface area contributed by atoms with Gasteiger partial charge in [-0.15, -0.1) is 11.3 Å². The molecule has 2 aromatic rings. The summed E-state index contributed by atoms with van der Waals surface area (Å²) in [4.78, 5) is 15.1. The maximum atomic E-state index is 10.9. The molecule has 16 heavy (non-hydrogen) atoms. The number of aryl methyl sites for hydroxylation is 1. The normalized spacial score (nSPS) is 10.3. The van der Waals surface area contributed by atoms with Crippen molar-refractivity contribution in [2.45, 2.75) is 13.3 Å². The van der Waals surface area contributed by atoms with Crippen molar-refractivity contribution in [1.29, 1.82) is 0 Å². The van der Waals surface area contributed by atoms with E-state index in [4.69, 9.17) is 5.73 Å². The van der Waals surface area contributed by atoms with Crippen molar-refractivity contribution < 1.29 is 4.79 Å². The molecule has 1 heterocycles. The summed E-state index contributed by atoms with van der Waals surface area (Å²) >= 11 is 1.28. The summed E-state index contributed by atoms with van der Waals surface area (Å²) in [6.07, 6.45) is 1.02. The molecule has 0 aliphatic rings. The number of amides is 1. The van der Waals surface area contributed by atoms with Gasteiger partial charge in [-0.3, -0.25) is 4.79 Å². The van der Waals surface area contributed by atoms with E-state index in [2.05, 4.69) is 24.0 Å². The topological polar surface area (TPSA) is 56.0 Å². The zero-order valence-corrected chi connectivity index (χ0v) is 9.75. The van der Waals surface area contributed by atoms with Crippen LogP contribution in [0.4, 0.5) is 0 Å². The Morgan fingerprint density at radius 2 is 2.06 bits per heavy atom. The second-order valence-corrected chi connectivity index (χ2v) is 4.31. The minimum atomic E-state index is -0.471. The molecular formula is C12H12N2OS. The lowest BCUT2D eigenvalue weighted by molar-refractivity contribution is 0.1000. The van der Waals surface area contributed by atoms with E-state index < -0.39 is 5.91 Å². The minimum Gasteiger partial charge on any atom is -0.364 e. The van der Waals surface area contributed by atoms with Crippen LogP contribution in [0.1, 0.15) is 22.3 Å². The number of rotatable bonds is 3. The van der Waals surface area contributed by atoms with Gasteiger partial charge in [0.05, 0.1) is 5.69 Å². The van der Waals surface area contributed by atoms with Gasteiger partial charge in [-0.25, -0.2) is 4.98 Å². The van der Waals surface area contributed by atoms with Crippen LogP contribution in [0.15, 0.2) is 29.6 Å². The summed E-state index contributed by atoms with van der Waals surface area (Å²) in [5, 5.41) is 2.20. The fourth-order valence-electron chi connectivity index (χ4n) is 1.43. The van der Waals surface area contributed by atoms with E-state index in [-0.39, 0.29) is 0 Å². The van der Waals surface area contributed by atoms with Crippen LogP contribution in [-0.2, 0) is 6.42 Å². The molecule has 1 aromatic carbocycles. The molecule has 2 N–H and O–H groups in total. The Hall–Kier alpha value is -1.68. The molecular weight excluding hydrogens is 220 g/mol. The maximum absolute atomic E-state index is 10.9. The van der Waals surface area contributed by atoms with Crippen LogP contribution in [0.2, 0.25) is 0 Å². The van der Waals surface area contributed by atoms with Gasteiger partial charge in [0.25, 0.3) is 5.91 Å². The third kappa shape index (κ3) is 2.12. The third-order valence-electron chi connectivity index (χ3n) is 2.37. The molecule has 0 aliphatic carbocycles. The largest absolute Gasteiger partial charge is 0.364 e. The SMILES string of the molecule is CCc1ccc(-c2csc(C(N)=O)n2)cc1. The Morgan fingerprint density at radius 1 is 1.38 bits per heavy atom. The lowest BCUT2D eigenvalue weighted by atomic mass is 10.1. The molecule has 0 atom stereocenters. The predicted molar refractivity (Wildman–Crippen MR) is 65.4 cm³/mol. The Bertz CT molecular complexity index is 502. The molecule has 1 amide bonds.